The third-order valence-electron chi connectivity index (χ3n) is 6.49. The van der Waals surface area contributed by atoms with Crippen LogP contribution in [0.3, 0.4) is 0 Å². The Morgan fingerprint density at radius 2 is 1.83 bits per heavy atom. The molecule has 36 heavy (non-hydrogen) atoms. The smallest absolute Gasteiger partial charge is 0.272 e. The van der Waals surface area contributed by atoms with E-state index in [-0.39, 0.29) is 16.5 Å². The van der Waals surface area contributed by atoms with Gasteiger partial charge in [0.1, 0.15) is 17.5 Å². The predicted octanol–water partition coefficient (Wildman–Crippen LogP) is 3.51. The summed E-state index contributed by atoms with van der Waals surface area (Å²) in [5.74, 6) is -2.38. The maximum Gasteiger partial charge on any atom is 0.272 e. The quantitative estimate of drug-likeness (QED) is 0.389. The van der Waals surface area contributed by atoms with Crippen LogP contribution in [0.1, 0.15) is 22.8 Å². The number of nitrogens with zero attached hydrogens (tertiary/aromatic N) is 6. The van der Waals surface area contributed by atoms with Crippen molar-refractivity contribution in [2.45, 2.75) is 13.5 Å². The summed E-state index contributed by atoms with van der Waals surface area (Å²) in [6, 6.07) is 7.54. The van der Waals surface area contributed by atoms with Gasteiger partial charge in [-0.3, -0.25) is 19.3 Å². The fourth-order valence-electron chi connectivity index (χ4n) is 4.40. The van der Waals surface area contributed by atoms with Crippen LogP contribution in [0, 0.1) is 11.6 Å². The summed E-state index contributed by atoms with van der Waals surface area (Å²) in [4.78, 5) is 30.3. The second kappa shape index (κ2) is 8.29. The molecule has 2 aromatic carbocycles. The van der Waals surface area contributed by atoms with Crippen molar-refractivity contribution in [3.05, 3.63) is 65.5 Å². The fraction of sp³-hybridized carbons (Fsp3) is 0.200. The molecule has 0 spiro atoms. The van der Waals surface area contributed by atoms with Crippen LogP contribution in [0.2, 0.25) is 0 Å². The minimum absolute atomic E-state index is 0.200. The molecule has 184 valence electrons. The Morgan fingerprint density at radius 1 is 1.08 bits per heavy atom. The van der Waals surface area contributed by atoms with Crippen LogP contribution < -0.4 is 5.73 Å². The summed E-state index contributed by atoms with van der Waals surface area (Å²) in [5.41, 5.74) is 7.56. The molecule has 0 saturated carbocycles. The van der Waals surface area contributed by atoms with Crippen LogP contribution in [0.25, 0.3) is 32.7 Å². The molecule has 3 aromatic heterocycles. The Labute approximate surface area is 204 Å². The molecule has 0 aliphatic heterocycles. The van der Waals surface area contributed by atoms with Crippen LogP contribution in [-0.4, -0.2) is 48.2 Å². The molecule has 0 radical (unpaired) electrons. The van der Waals surface area contributed by atoms with Gasteiger partial charge in [0.2, 0.25) is 5.91 Å². The van der Waals surface area contributed by atoms with E-state index in [9.17, 15) is 9.59 Å². The second-order valence-electron chi connectivity index (χ2n) is 8.68. The highest BCUT2D eigenvalue weighted by Crippen LogP contribution is 2.30. The normalized spacial score (nSPS) is 11.5. The molecule has 0 unspecified atom stereocenters. The van der Waals surface area contributed by atoms with Gasteiger partial charge < -0.3 is 10.3 Å². The first-order chi connectivity index (χ1) is 17.1. The number of benzene rings is 2. The van der Waals surface area contributed by atoms with Crippen molar-refractivity contribution >= 4 is 50.3 Å². The maximum atomic E-state index is 15.3. The van der Waals surface area contributed by atoms with Crippen molar-refractivity contribution in [1.29, 1.82) is 0 Å². The lowest BCUT2D eigenvalue weighted by Gasteiger charge is -2.31. The lowest BCUT2D eigenvalue weighted by molar-refractivity contribution is -0.140. The van der Waals surface area contributed by atoms with Gasteiger partial charge in [-0.1, -0.05) is 0 Å². The number of pyridine rings is 1. The van der Waals surface area contributed by atoms with Gasteiger partial charge in [0.05, 0.1) is 34.7 Å². The van der Waals surface area contributed by atoms with E-state index >= 15 is 8.78 Å². The van der Waals surface area contributed by atoms with Gasteiger partial charge in [0, 0.05) is 56.2 Å². The maximum absolute atomic E-state index is 15.3. The molecule has 3 heterocycles. The highest BCUT2D eigenvalue weighted by atomic mass is 19.1. The van der Waals surface area contributed by atoms with Crippen LogP contribution in [0.15, 0.2) is 42.7 Å². The third-order valence-corrected chi connectivity index (χ3v) is 6.49. The first-order valence-electron chi connectivity index (χ1n) is 11.1. The van der Waals surface area contributed by atoms with Gasteiger partial charge >= 0.3 is 0 Å². The highest BCUT2D eigenvalue weighted by Gasteiger charge is 2.27. The number of hydrogen-bond acceptors (Lipinski definition) is 5. The summed E-state index contributed by atoms with van der Waals surface area (Å²) in [7, 11) is 4.80. The number of fused-ring (bicyclic) bond motifs is 4. The number of carbonyl (C=O) groups is 2. The zero-order chi connectivity index (χ0) is 25.9. The Hall–Kier alpha value is -4.54. The van der Waals surface area contributed by atoms with Crippen LogP contribution in [0.4, 0.5) is 14.6 Å². The Balaban J connectivity index is 1.62. The summed E-state index contributed by atoms with van der Waals surface area (Å²) in [6.07, 6.45) is 3.21. The van der Waals surface area contributed by atoms with Gasteiger partial charge in [-0.15, -0.1) is 0 Å². The Morgan fingerprint density at radius 3 is 2.56 bits per heavy atom. The molecule has 0 bridgehead atoms. The average Bonchev–Trinajstić information content (AvgIpc) is 3.41. The molecule has 5 aromatic rings. The molecular formula is C25H23F2N7O2. The molecule has 2 amide bonds. The van der Waals surface area contributed by atoms with E-state index in [1.807, 2.05) is 0 Å². The number of aromatic nitrogens is 4. The Bertz CT molecular complexity index is 1710. The molecule has 2 N–H and O–H groups in total. The zero-order valence-corrected chi connectivity index (χ0v) is 20.1. The topological polar surface area (TPSA) is 102 Å². The number of anilines is 1. The third kappa shape index (κ3) is 3.51. The van der Waals surface area contributed by atoms with Crippen molar-refractivity contribution < 1.29 is 18.4 Å². The van der Waals surface area contributed by atoms with Gasteiger partial charge in [-0.05, 0) is 30.3 Å². The molecule has 0 fully saturated rings. The van der Waals surface area contributed by atoms with Crippen molar-refractivity contribution in [3.8, 4) is 0 Å². The fourth-order valence-corrected chi connectivity index (χ4v) is 4.40. The first kappa shape index (κ1) is 23.2. The summed E-state index contributed by atoms with van der Waals surface area (Å²) < 4.78 is 33.6. The van der Waals surface area contributed by atoms with Gasteiger partial charge in [-0.25, -0.2) is 18.8 Å². The van der Waals surface area contributed by atoms with E-state index in [0.29, 0.717) is 33.1 Å². The molecule has 0 atom stereocenters. The number of carbonyl (C=O) groups excluding carboxylic acids is 2. The van der Waals surface area contributed by atoms with Gasteiger partial charge in [0.15, 0.2) is 0 Å². The molecule has 11 heteroatoms. The van der Waals surface area contributed by atoms with E-state index < -0.39 is 30.0 Å². The largest absolute Gasteiger partial charge is 0.383 e. The monoisotopic (exact) mass is 491 g/mol. The highest BCUT2D eigenvalue weighted by molar-refractivity contribution is 6.10. The van der Waals surface area contributed by atoms with Crippen LogP contribution in [-0.2, 0) is 25.4 Å². The standard InChI is InChI=1S/C25H23F2N7O2/c1-13(35)33(4)34(12-18-19(26)10-21-15(22(18)27)7-8-31(21)2)25(36)14-5-6-20-16(9-14)23-17(24(28)30-20)11-29-32(23)3/h5-11H,12H2,1-4H3,(H2,28,30). The summed E-state index contributed by atoms with van der Waals surface area (Å²) >= 11 is 0. The first-order valence-corrected chi connectivity index (χ1v) is 11.1. The van der Waals surface area contributed by atoms with E-state index in [1.165, 1.54) is 32.2 Å². The number of hydrogen-bond donors (Lipinski definition) is 1. The molecule has 0 saturated heterocycles. The molecule has 0 aliphatic rings. The van der Waals surface area contributed by atoms with E-state index in [4.69, 9.17) is 5.73 Å². The second-order valence-corrected chi connectivity index (χ2v) is 8.68. The number of amides is 2. The van der Waals surface area contributed by atoms with E-state index in [2.05, 4.69) is 10.1 Å². The number of hydrazine groups is 1. The SMILES string of the molecule is CC(=O)N(C)N(Cc1c(F)cc2c(ccn2C)c1F)C(=O)c1ccc2nc(N)c3cnn(C)c3c2c1. The van der Waals surface area contributed by atoms with Crippen LogP contribution in [0.5, 0.6) is 0 Å². The molecule has 9 nitrogen and oxygen atoms in total. The summed E-state index contributed by atoms with van der Waals surface area (Å²) in [5, 5.41) is 7.77. The number of aryl methyl sites for hydroxylation is 2. The van der Waals surface area contributed by atoms with E-state index in [0.717, 1.165) is 10.0 Å². The van der Waals surface area contributed by atoms with Gasteiger partial charge in [0.25, 0.3) is 5.91 Å². The zero-order valence-electron chi connectivity index (χ0n) is 20.1. The van der Waals surface area contributed by atoms with Crippen molar-refractivity contribution in [2.24, 2.45) is 14.1 Å². The lowest BCUT2D eigenvalue weighted by Crippen LogP contribution is -2.46. The average molecular weight is 492 g/mol. The minimum Gasteiger partial charge on any atom is -0.383 e. The Kier molecular flexibility index (Phi) is 5.35. The van der Waals surface area contributed by atoms with E-state index in [1.54, 1.807) is 47.9 Å². The molecule has 5 rings (SSSR count). The summed E-state index contributed by atoms with van der Waals surface area (Å²) in [6.45, 7) is 0.774. The number of nitrogen functional groups attached to an aromatic ring is 1. The van der Waals surface area contributed by atoms with Crippen LogP contribution >= 0.6 is 0 Å². The predicted molar refractivity (Wildman–Crippen MR) is 132 cm³/mol. The minimum atomic E-state index is -0.814. The number of halogens is 2. The van der Waals surface area contributed by atoms with Crippen molar-refractivity contribution in [2.75, 3.05) is 12.8 Å². The van der Waals surface area contributed by atoms with Crippen molar-refractivity contribution in [3.63, 3.8) is 0 Å². The van der Waals surface area contributed by atoms with Crippen molar-refractivity contribution in [1.82, 2.24) is 29.3 Å². The van der Waals surface area contributed by atoms with Gasteiger partial charge in [-0.2, -0.15) is 5.10 Å². The number of nitrogens with two attached hydrogens (primary N) is 1. The molecule has 0 aliphatic carbocycles. The number of rotatable bonds is 3. The molecular weight excluding hydrogens is 468 g/mol. The lowest BCUT2D eigenvalue weighted by atomic mass is 10.1.